The zero-order chi connectivity index (χ0) is 18.7. The third-order valence-electron chi connectivity index (χ3n) is 3.87. The van der Waals surface area contributed by atoms with Crippen LogP contribution in [0.15, 0.2) is 47.0 Å². The average Bonchev–Trinajstić information content (AvgIpc) is 3.21. The molecular weight excluding hydrogens is 375 g/mol. The van der Waals surface area contributed by atoms with E-state index in [9.17, 15) is 4.79 Å². The van der Waals surface area contributed by atoms with E-state index < -0.39 is 0 Å². The summed E-state index contributed by atoms with van der Waals surface area (Å²) < 4.78 is 12.9. The number of nitrogens with zero attached hydrogens (tertiary/aromatic N) is 2. The summed E-state index contributed by atoms with van der Waals surface area (Å²) in [5.74, 6) is 1.51. The van der Waals surface area contributed by atoms with Crippen LogP contribution >= 0.6 is 23.2 Å². The first-order valence-electron chi connectivity index (χ1n) is 7.82. The molecule has 0 bridgehead atoms. The number of ether oxygens (including phenoxy) is 1. The standard InChI is InChI=1S/C19H16Cl2N2O3/c1-12-15(10-22-23(12)2)17(24)9-8-13-6-7-14(26-13)11-25-18-5-3-4-16(20)19(18)21/h3-10H,11H2,1-2H3/b9-8+. The highest BCUT2D eigenvalue weighted by Crippen LogP contribution is 2.32. The molecule has 3 aromatic rings. The second kappa shape index (κ2) is 7.81. The first-order chi connectivity index (χ1) is 12.5. The predicted octanol–water partition coefficient (Wildman–Crippen LogP) is 5.10. The molecule has 5 nitrogen and oxygen atoms in total. The largest absolute Gasteiger partial charge is 0.484 e. The van der Waals surface area contributed by atoms with Crippen molar-refractivity contribution in [3.63, 3.8) is 0 Å². The van der Waals surface area contributed by atoms with Crippen molar-refractivity contribution >= 4 is 35.1 Å². The van der Waals surface area contributed by atoms with Gasteiger partial charge in [0.2, 0.25) is 0 Å². The molecule has 0 aliphatic rings. The van der Waals surface area contributed by atoms with Crippen LogP contribution in [0.5, 0.6) is 5.75 Å². The number of aryl methyl sites for hydroxylation is 1. The van der Waals surface area contributed by atoms with Crippen LogP contribution < -0.4 is 4.74 Å². The summed E-state index contributed by atoms with van der Waals surface area (Å²) in [6.07, 6.45) is 4.63. The molecule has 26 heavy (non-hydrogen) atoms. The molecule has 7 heteroatoms. The van der Waals surface area contributed by atoms with Gasteiger partial charge in [-0.05, 0) is 43.3 Å². The minimum atomic E-state index is -0.129. The van der Waals surface area contributed by atoms with Gasteiger partial charge in [0.15, 0.2) is 5.78 Å². The molecule has 2 aromatic heterocycles. The molecule has 0 fully saturated rings. The Balaban J connectivity index is 1.63. The van der Waals surface area contributed by atoms with E-state index >= 15 is 0 Å². The average molecular weight is 391 g/mol. The smallest absolute Gasteiger partial charge is 0.189 e. The molecule has 0 aliphatic heterocycles. The molecule has 0 spiro atoms. The Kier molecular flexibility index (Phi) is 5.49. The number of allylic oxidation sites excluding steroid dienone is 1. The number of hydrogen-bond donors (Lipinski definition) is 0. The molecule has 0 amide bonds. The Morgan fingerprint density at radius 2 is 2.12 bits per heavy atom. The van der Waals surface area contributed by atoms with Gasteiger partial charge in [-0.1, -0.05) is 29.3 Å². The Bertz CT molecular complexity index is 973. The number of halogens is 2. The zero-order valence-electron chi connectivity index (χ0n) is 14.2. The number of aromatic nitrogens is 2. The maximum Gasteiger partial charge on any atom is 0.189 e. The number of benzene rings is 1. The number of carbonyl (C=O) groups is 1. The molecule has 2 heterocycles. The highest BCUT2D eigenvalue weighted by atomic mass is 35.5. The fourth-order valence-electron chi connectivity index (χ4n) is 2.29. The number of hydrogen-bond acceptors (Lipinski definition) is 4. The molecule has 0 N–H and O–H groups in total. The first-order valence-corrected chi connectivity index (χ1v) is 8.58. The van der Waals surface area contributed by atoms with Crippen molar-refractivity contribution in [3.05, 3.63) is 75.4 Å². The van der Waals surface area contributed by atoms with Crippen LogP contribution in [0, 0.1) is 6.92 Å². The molecule has 1 aromatic carbocycles. The van der Waals surface area contributed by atoms with Crippen LogP contribution in [0.1, 0.15) is 27.6 Å². The van der Waals surface area contributed by atoms with Crippen molar-refractivity contribution in [2.45, 2.75) is 13.5 Å². The van der Waals surface area contributed by atoms with Gasteiger partial charge in [0.25, 0.3) is 0 Å². The quantitative estimate of drug-likeness (QED) is 0.433. The van der Waals surface area contributed by atoms with Gasteiger partial charge < -0.3 is 9.15 Å². The van der Waals surface area contributed by atoms with E-state index in [1.165, 1.54) is 6.08 Å². The van der Waals surface area contributed by atoms with Gasteiger partial charge >= 0.3 is 0 Å². The van der Waals surface area contributed by atoms with E-state index in [4.69, 9.17) is 32.4 Å². The van der Waals surface area contributed by atoms with Gasteiger partial charge in [0.05, 0.1) is 16.8 Å². The zero-order valence-corrected chi connectivity index (χ0v) is 15.7. The van der Waals surface area contributed by atoms with Crippen LogP contribution in [-0.2, 0) is 13.7 Å². The van der Waals surface area contributed by atoms with Gasteiger partial charge in [0.1, 0.15) is 28.9 Å². The van der Waals surface area contributed by atoms with Gasteiger partial charge in [-0.25, -0.2) is 0 Å². The fourth-order valence-corrected chi connectivity index (χ4v) is 2.64. The lowest BCUT2D eigenvalue weighted by atomic mass is 10.1. The summed E-state index contributed by atoms with van der Waals surface area (Å²) in [7, 11) is 1.79. The van der Waals surface area contributed by atoms with E-state index in [0.717, 1.165) is 5.69 Å². The third-order valence-corrected chi connectivity index (χ3v) is 4.67. The van der Waals surface area contributed by atoms with Crippen LogP contribution in [0.2, 0.25) is 10.0 Å². The second-order valence-corrected chi connectivity index (χ2v) is 6.39. The molecule has 0 radical (unpaired) electrons. The minimum absolute atomic E-state index is 0.129. The highest BCUT2D eigenvalue weighted by molar-refractivity contribution is 6.42. The van der Waals surface area contributed by atoms with E-state index in [1.807, 2.05) is 6.92 Å². The molecule has 0 aliphatic carbocycles. The predicted molar refractivity (Wildman–Crippen MR) is 101 cm³/mol. The lowest BCUT2D eigenvalue weighted by Gasteiger charge is -2.06. The Morgan fingerprint density at radius 1 is 1.31 bits per heavy atom. The maximum atomic E-state index is 12.2. The van der Waals surface area contributed by atoms with Gasteiger partial charge in [-0.15, -0.1) is 0 Å². The Morgan fingerprint density at radius 3 is 2.85 bits per heavy atom. The molecular formula is C19H16Cl2N2O3. The van der Waals surface area contributed by atoms with Gasteiger partial charge in [-0.2, -0.15) is 5.10 Å². The molecule has 3 rings (SSSR count). The van der Waals surface area contributed by atoms with Gasteiger partial charge in [-0.3, -0.25) is 9.48 Å². The number of furan rings is 1. The summed E-state index contributed by atoms with van der Waals surface area (Å²) in [4.78, 5) is 12.2. The number of rotatable bonds is 6. The van der Waals surface area contributed by atoms with E-state index in [-0.39, 0.29) is 12.4 Å². The van der Waals surface area contributed by atoms with Crippen molar-refractivity contribution in [1.82, 2.24) is 9.78 Å². The monoisotopic (exact) mass is 390 g/mol. The number of ketones is 1. The Hall–Kier alpha value is -2.50. The molecule has 0 saturated carbocycles. The molecule has 134 valence electrons. The lowest BCUT2D eigenvalue weighted by Crippen LogP contribution is -1.98. The normalized spacial score (nSPS) is 11.2. The summed E-state index contributed by atoms with van der Waals surface area (Å²) >= 11 is 12.0. The molecule has 0 unspecified atom stereocenters. The Labute approximate surface area is 160 Å². The van der Waals surface area contributed by atoms with Crippen LogP contribution in [-0.4, -0.2) is 15.6 Å². The third kappa shape index (κ3) is 4.00. The molecule has 0 atom stereocenters. The van der Waals surface area contributed by atoms with Crippen LogP contribution in [0.4, 0.5) is 0 Å². The summed E-state index contributed by atoms with van der Waals surface area (Å²) in [5, 5.41) is 4.85. The van der Waals surface area contributed by atoms with Crippen molar-refractivity contribution in [1.29, 1.82) is 0 Å². The van der Waals surface area contributed by atoms with Crippen molar-refractivity contribution in [3.8, 4) is 5.75 Å². The topological polar surface area (TPSA) is 57.3 Å². The summed E-state index contributed by atoms with van der Waals surface area (Å²) in [6, 6.07) is 8.71. The first kappa shape index (κ1) is 18.3. The summed E-state index contributed by atoms with van der Waals surface area (Å²) in [6.45, 7) is 2.04. The van der Waals surface area contributed by atoms with Crippen LogP contribution in [0.3, 0.4) is 0 Å². The number of carbonyl (C=O) groups excluding carboxylic acids is 1. The van der Waals surface area contributed by atoms with Crippen molar-refractivity contribution < 1.29 is 13.9 Å². The molecule has 0 saturated heterocycles. The van der Waals surface area contributed by atoms with Crippen molar-refractivity contribution in [2.75, 3.05) is 0 Å². The second-order valence-electron chi connectivity index (χ2n) is 5.61. The van der Waals surface area contributed by atoms with E-state index in [1.54, 1.807) is 54.3 Å². The maximum absolute atomic E-state index is 12.2. The lowest BCUT2D eigenvalue weighted by molar-refractivity contribution is 0.104. The minimum Gasteiger partial charge on any atom is -0.484 e. The fraction of sp³-hybridized carbons (Fsp3) is 0.158. The van der Waals surface area contributed by atoms with E-state index in [0.29, 0.717) is 32.9 Å². The van der Waals surface area contributed by atoms with Gasteiger partial charge in [0, 0.05) is 12.7 Å². The van der Waals surface area contributed by atoms with E-state index in [2.05, 4.69) is 5.10 Å². The SMILES string of the molecule is Cc1c(C(=O)/C=C/c2ccc(COc3cccc(Cl)c3Cl)o2)cnn1C. The summed E-state index contributed by atoms with van der Waals surface area (Å²) in [5.41, 5.74) is 1.38. The van der Waals surface area contributed by atoms with Crippen LogP contribution in [0.25, 0.3) is 6.08 Å². The van der Waals surface area contributed by atoms with Crippen molar-refractivity contribution in [2.24, 2.45) is 7.05 Å². The highest BCUT2D eigenvalue weighted by Gasteiger charge is 2.10.